The van der Waals surface area contributed by atoms with Gasteiger partial charge in [0.1, 0.15) is 23.4 Å². The van der Waals surface area contributed by atoms with E-state index >= 15 is 0 Å². The topological polar surface area (TPSA) is 102 Å². The second-order valence-corrected chi connectivity index (χ2v) is 12.3. The number of ether oxygens (including phenoxy) is 4. The lowest BCUT2D eigenvalue weighted by Crippen LogP contribution is -2.55. The van der Waals surface area contributed by atoms with Crippen LogP contribution in [0.4, 0.5) is 0 Å². The second-order valence-electron chi connectivity index (χ2n) is 12.3. The van der Waals surface area contributed by atoms with E-state index in [-0.39, 0.29) is 47.3 Å². The highest BCUT2D eigenvalue weighted by Gasteiger charge is 2.72. The van der Waals surface area contributed by atoms with E-state index in [9.17, 15) is 9.59 Å². The second kappa shape index (κ2) is 14.2. The minimum atomic E-state index is -0.321. The number of hydrogen-bond donors (Lipinski definition) is 2. The number of hydrogen-bond acceptors (Lipinski definition) is 7. The minimum Gasteiger partial charge on any atom is -0.460 e. The summed E-state index contributed by atoms with van der Waals surface area (Å²) >= 11 is 0. The molecule has 1 aliphatic carbocycles. The van der Waals surface area contributed by atoms with Crippen molar-refractivity contribution in [1.82, 2.24) is 10.6 Å². The van der Waals surface area contributed by atoms with Gasteiger partial charge in [0, 0.05) is 20.1 Å². The maximum Gasteiger partial charge on any atom is 0.306 e. The predicted octanol–water partition coefficient (Wildman–Crippen LogP) is 4.31. The van der Waals surface area contributed by atoms with Gasteiger partial charge in [-0.3, -0.25) is 9.59 Å². The molecule has 4 unspecified atom stereocenters. The number of carbonyl (C=O) groups excluding carboxylic acids is 2. The Kier molecular flexibility index (Phi) is 11.6. The molecule has 8 heteroatoms. The average molecular weight is 537 g/mol. The molecule has 0 aromatic rings. The number of epoxide rings is 2. The first-order valence-electron chi connectivity index (χ1n) is 14.8. The van der Waals surface area contributed by atoms with Gasteiger partial charge in [-0.2, -0.15) is 0 Å². The zero-order valence-corrected chi connectivity index (χ0v) is 24.6. The standard InChI is InChI=1S/C30H52N2O6/c1-21(2)13-14-24-29(5,38-24)28-27(35-6)23(15-16-30(28)20-36-30)37-26(34)12-10-8-7-9-11-17-32-25(33)19-31-18-22(3)4/h13,22-24,27-28,31H,7-12,14-20H2,1-6H3,(H,32,33)/t23?,24-,27?,28?,29?,30+/m1/s1. The third-order valence-electron chi connectivity index (χ3n) is 8.24. The number of carbonyl (C=O) groups is 2. The Hall–Kier alpha value is -1.48. The molecule has 2 N–H and O–H groups in total. The Morgan fingerprint density at radius 1 is 1.13 bits per heavy atom. The maximum absolute atomic E-state index is 12.7. The molecule has 3 rings (SSSR count). The fourth-order valence-electron chi connectivity index (χ4n) is 5.99. The van der Waals surface area contributed by atoms with E-state index in [1.807, 2.05) is 0 Å². The normalized spacial score (nSPS) is 31.8. The number of allylic oxidation sites excluding steroid dienone is 1. The summed E-state index contributed by atoms with van der Waals surface area (Å²) in [5.74, 6) is 0.496. The molecule has 2 heterocycles. The van der Waals surface area contributed by atoms with Crippen LogP contribution in [0.15, 0.2) is 11.6 Å². The minimum absolute atomic E-state index is 0.0496. The van der Waals surface area contributed by atoms with Crippen LogP contribution in [0.25, 0.3) is 0 Å². The van der Waals surface area contributed by atoms with E-state index in [1.165, 1.54) is 5.57 Å². The summed E-state index contributed by atoms with van der Waals surface area (Å²) in [4.78, 5) is 24.5. The van der Waals surface area contributed by atoms with E-state index in [2.05, 4.69) is 51.3 Å². The highest BCUT2D eigenvalue weighted by Crippen LogP contribution is 2.59. The zero-order valence-electron chi connectivity index (χ0n) is 24.6. The van der Waals surface area contributed by atoms with Crippen molar-refractivity contribution in [2.24, 2.45) is 11.8 Å². The van der Waals surface area contributed by atoms with E-state index < -0.39 is 0 Å². The molecule has 1 amide bonds. The summed E-state index contributed by atoms with van der Waals surface area (Å²) in [6.45, 7) is 13.3. The van der Waals surface area contributed by atoms with Gasteiger partial charge in [0.25, 0.3) is 0 Å². The van der Waals surface area contributed by atoms with Gasteiger partial charge in [-0.1, -0.05) is 44.8 Å². The molecule has 3 fully saturated rings. The van der Waals surface area contributed by atoms with Gasteiger partial charge in [0.2, 0.25) is 5.91 Å². The average Bonchev–Trinajstić information content (AvgIpc) is 3.77. The molecule has 0 bridgehead atoms. The molecular weight excluding hydrogens is 484 g/mol. The van der Waals surface area contributed by atoms with Crippen LogP contribution in [0.1, 0.15) is 92.4 Å². The SMILES string of the molecule is COC1C(OC(=O)CCCCCCCNC(=O)CNCC(C)C)CC[C@]2(CO2)C1C1(C)O[C@@H]1CC=C(C)C. The van der Waals surface area contributed by atoms with Gasteiger partial charge in [0.05, 0.1) is 25.2 Å². The molecule has 2 saturated heterocycles. The van der Waals surface area contributed by atoms with Crippen molar-refractivity contribution in [2.75, 3.05) is 33.4 Å². The fraction of sp³-hybridized carbons (Fsp3) is 0.867. The summed E-state index contributed by atoms with van der Waals surface area (Å²) in [5.41, 5.74) is 0.760. The lowest BCUT2D eigenvalue weighted by atomic mass is 9.68. The third kappa shape index (κ3) is 8.77. The van der Waals surface area contributed by atoms with Gasteiger partial charge < -0.3 is 29.6 Å². The van der Waals surface area contributed by atoms with Gasteiger partial charge in [0.15, 0.2) is 0 Å². The molecule has 1 spiro atoms. The lowest BCUT2D eigenvalue weighted by Gasteiger charge is -2.42. The van der Waals surface area contributed by atoms with Gasteiger partial charge in [-0.25, -0.2) is 0 Å². The quantitative estimate of drug-likeness (QED) is 0.124. The molecule has 1 saturated carbocycles. The van der Waals surface area contributed by atoms with Crippen LogP contribution in [-0.4, -0.2) is 74.7 Å². The number of nitrogens with one attached hydrogen (secondary N) is 2. The van der Waals surface area contributed by atoms with Crippen molar-refractivity contribution in [3.63, 3.8) is 0 Å². The van der Waals surface area contributed by atoms with E-state index in [4.69, 9.17) is 18.9 Å². The van der Waals surface area contributed by atoms with Crippen LogP contribution < -0.4 is 10.6 Å². The molecule has 0 aromatic carbocycles. The summed E-state index contributed by atoms with van der Waals surface area (Å²) in [6, 6.07) is 0. The number of amides is 1. The summed E-state index contributed by atoms with van der Waals surface area (Å²) in [7, 11) is 1.71. The van der Waals surface area contributed by atoms with Crippen LogP contribution in [0.5, 0.6) is 0 Å². The largest absolute Gasteiger partial charge is 0.460 e. The Morgan fingerprint density at radius 3 is 2.50 bits per heavy atom. The van der Waals surface area contributed by atoms with Crippen LogP contribution in [0, 0.1) is 11.8 Å². The molecule has 38 heavy (non-hydrogen) atoms. The van der Waals surface area contributed by atoms with Crippen molar-refractivity contribution >= 4 is 11.9 Å². The van der Waals surface area contributed by atoms with Crippen LogP contribution in [0.3, 0.4) is 0 Å². The van der Waals surface area contributed by atoms with Gasteiger partial charge >= 0.3 is 5.97 Å². The Morgan fingerprint density at radius 2 is 1.84 bits per heavy atom. The predicted molar refractivity (Wildman–Crippen MR) is 148 cm³/mol. The highest BCUT2D eigenvalue weighted by atomic mass is 16.6. The first kappa shape index (κ1) is 31.1. The van der Waals surface area contributed by atoms with Gasteiger partial charge in [-0.15, -0.1) is 0 Å². The fourth-order valence-corrected chi connectivity index (χ4v) is 5.99. The molecule has 218 valence electrons. The number of methoxy groups -OCH3 is 1. The van der Waals surface area contributed by atoms with Crippen LogP contribution >= 0.6 is 0 Å². The molecule has 0 radical (unpaired) electrons. The van der Waals surface area contributed by atoms with E-state index in [0.29, 0.717) is 25.4 Å². The highest BCUT2D eigenvalue weighted by molar-refractivity contribution is 5.77. The Balaban J connectivity index is 1.33. The van der Waals surface area contributed by atoms with Crippen molar-refractivity contribution in [3.8, 4) is 0 Å². The monoisotopic (exact) mass is 536 g/mol. The van der Waals surface area contributed by atoms with Crippen molar-refractivity contribution in [1.29, 1.82) is 0 Å². The summed E-state index contributed by atoms with van der Waals surface area (Å²) in [6.07, 6.45) is 9.65. The van der Waals surface area contributed by atoms with E-state index in [0.717, 1.165) is 64.5 Å². The molecule has 3 aliphatic rings. The first-order valence-corrected chi connectivity index (χ1v) is 14.8. The molecule has 6 atom stereocenters. The zero-order chi connectivity index (χ0) is 27.8. The Bertz CT molecular complexity index is 807. The molecule has 2 aliphatic heterocycles. The number of esters is 1. The lowest BCUT2D eigenvalue weighted by molar-refractivity contribution is -0.172. The number of unbranched alkanes of at least 4 members (excludes halogenated alkanes) is 4. The van der Waals surface area contributed by atoms with Crippen molar-refractivity contribution < 1.29 is 28.5 Å². The van der Waals surface area contributed by atoms with Crippen LogP contribution in [0.2, 0.25) is 0 Å². The third-order valence-corrected chi connectivity index (χ3v) is 8.24. The molecule has 0 aromatic heterocycles. The van der Waals surface area contributed by atoms with Gasteiger partial charge in [-0.05, 0) is 65.3 Å². The first-order chi connectivity index (χ1) is 18.1. The molecular formula is C30H52N2O6. The van der Waals surface area contributed by atoms with E-state index in [1.54, 1.807) is 7.11 Å². The van der Waals surface area contributed by atoms with Crippen molar-refractivity contribution in [2.45, 2.75) is 122 Å². The smallest absolute Gasteiger partial charge is 0.306 e. The van der Waals surface area contributed by atoms with Crippen molar-refractivity contribution in [3.05, 3.63) is 11.6 Å². The maximum atomic E-state index is 12.7. The van der Waals surface area contributed by atoms with Crippen LogP contribution in [-0.2, 0) is 28.5 Å². The number of rotatable bonds is 17. The Labute approximate surface area is 229 Å². The summed E-state index contributed by atoms with van der Waals surface area (Å²) in [5, 5.41) is 6.11. The summed E-state index contributed by atoms with van der Waals surface area (Å²) < 4.78 is 24.2. The molecule has 8 nitrogen and oxygen atoms in total.